The van der Waals surface area contributed by atoms with Crippen molar-refractivity contribution < 1.29 is 4.74 Å². The van der Waals surface area contributed by atoms with E-state index < -0.39 is 0 Å². The van der Waals surface area contributed by atoms with Crippen molar-refractivity contribution in [2.24, 2.45) is 5.73 Å². The van der Waals surface area contributed by atoms with E-state index in [9.17, 15) is 0 Å². The summed E-state index contributed by atoms with van der Waals surface area (Å²) >= 11 is 0. The fraction of sp³-hybridized carbons (Fsp3) is 0.600. The van der Waals surface area contributed by atoms with Crippen molar-refractivity contribution in [1.82, 2.24) is 9.97 Å². The van der Waals surface area contributed by atoms with Crippen molar-refractivity contribution in [3.05, 3.63) is 12.0 Å². The maximum absolute atomic E-state index is 5.46. The summed E-state index contributed by atoms with van der Waals surface area (Å²) in [5.41, 5.74) is 6.31. The predicted octanol–water partition coefficient (Wildman–Crippen LogP) is 0.579. The molecule has 0 aromatic carbocycles. The maximum atomic E-state index is 5.46. The summed E-state index contributed by atoms with van der Waals surface area (Å²) in [5.74, 6) is 1.55. The van der Waals surface area contributed by atoms with E-state index in [0.29, 0.717) is 6.54 Å². The van der Waals surface area contributed by atoms with Crippen LogP contribution in [-0.2, 0) is 0 Å². The Hall–Kier alpha value is -1.36. The first kappa shape index (κ1) is 11.7. The molecule has 0 aliphatic heterocycles. The Kier molecular flexibility index (Phi) is 4.30. The van der Waals surface area contributed by atoms with Crippen molar-refractivity contribution in [2.75, 3.05) is 32.1 Å². The third kappa shape index (κ3) is 2.79. The summed E-state index contributed by atoms with van der Waals surface area (Å²) in [6, 6.07) is 0. The minimum atomic E-state index is 0.677. The quantitative estimate of drug-likeness (QED) is 0.770. The molecule has 0 bridgehead atoms. The normalized spacial score (nSPS) is 10.1. The van der Waals surface area contributed by atoms with Crippen LogP contribution in [0.25, 0.3) is 0 Å². The van der Waals surface area contributed by atoms with Gasteiger partial charge < -0.3 is 15.4 Å². The highest BCUT2D eigenvalue weighted by molar-refractivity contribution is 5.53. The monoisotopic (exact) mass is 210 g/mol. The lowest BCUT2D eigenvalue weighted by Crippen LogP contribution is -2.23. The zero-order chi connectivity index (χ0) is 11.3. The van der Waals surface area contributed by atoms with Crippen LogP contribution in [0, 0.1) is 6.92 Å². The van der Waals surface area contributed by atoms with Gasteiger partial charge in [-0.1, -0.05) is 0 Å². The summed E-state index contributed by atoms with van der Waals surface area (Å²) < 4.78 is 5.28. The van der Waals surface area contributed by atoms with Crippen LogP contribution in [-0.4, -0.2) is 37.2 Å². The molecule has 5 nitrogen and oxygen atoms in total. The van der Waals surface area contributed by atoms with Crippen molar-refractivity contribution in [3.8, 4) is 5.75 Å². The van der Waals surface area contributed by atoms with Crippen molar-refractivity contribution in [3.63, 3.8) is 0 Å². The molecule has 84 valence electrons. The van der Waals surface area contributed by atoms with Gasteiger partial charge in [0.25, 0.3) is 0 Å². The zero-order valence-corrected chi connectivity index (χ0v) is 9.53. The molecule has 0 saturated carbocycles. The van der Waals surface area contributed by atoms with Crippen LogP contribution in [0.1, 0.15) is 12.1 Å². The van der Waals surface area contributed by atoms with E-state index in [1.54, 1.807) is 13.4 Å². The van der Waals surface area contributed by atoms with Gasteiger partial charge >= 0.3 is 0 Å². The summed E-state index contributed by atoms with van der Waals surface area (Å²) in [4.78, 5) is 10.3. The first-order valence-corrected chi connectivity index (χ1v) is 4.97. The van der Waals surface area contributed by atoms with Gasteiger partial charge in [-0.25, -0.2) is 9.97 Å². The van der Waals surface area contributed by atoms with E-state index in [-0.39, 0.29) is 0 Å². The summed E-state index contributed by atoms with van der Waals surface area (Å²) in [6.07, 6.45) is 2.48. The van der Waals surface area contributed by atoms with Gasteiger partial charge in [-0.3, -0.25) is 0 Å². The third-order valence-electron chi connectivity index (χ3n) is 2.23. The molecule has 0 atom stereocenters. The van der Waals surface area contributed by atoms with E-state index in [0.717, 1.165) is 30.2 Å². The number of aryl methyl sites for hydroxylation is 1. The second kappa shape index (κ2) is 5.50. The van der Waals surface area contributed by atoms with Gasteiger partial charge in [0.1, 0.15) is 6.33 Å². The number of nitrogens with zero attached hydrogens (tertiary/aromatic N) is 3. The van der Waals surface area contributed by atoms with E-state index in [4.69, 9.17) is 10.5 Å². The Labute approximate surface area is 90.3 Å². The highest BCUT2D eigenvalue weighted by Crippen LogP contribution is 2.26. The van der Waals surface area contributed by atoms with Gasteiger partial charge in [0.15, 0.2) is 11.6 Å². The van der Waals surface area contributed by atoms with Crippen LogP contribution in [0.4, 0.5) is 5.82 Å². The lowest BCUT2D eigenvalue weighted by molar-refractivity contribution is 0.407. The van der Waals surface area contributed by atoms with Crippen LogP contribution in [0.15, 0.2) is 6.33 Å². The Morgan fingerprint density at radius 1 is 1.47 bits per heavy atom. The largest absolute Gasteiger partial charge is 0.491 e. The van der Waals surface area contributed by atoms with E-state index in [1.807, 2.05) is 18.9 Å². The number of methoxy groups -OCH3 is 1. The van der Waals surface area contributed by atoms with Crippen molar-refractivity contribution in [1.29, 1.82) is 0 Å². The van der Waals surface area contributed by atoms with Crippen LogP contribution in [0.2, 0.25) is 0 Å². The number of hydrogen-bond acceptors (Lipinski definition) is 5. The average Bonchev–Trinajstić information content (AvgIpc) is 2.25. The molecule has 0 aliphatic carbocycles. The van der Waals surface area contributed by atoms with Crippen LogP contribution in [0.5, 0.6) is 5.75 Å². The molecular formula is C10H18N4O. The Balaban J connectivity index is 2.87. The zero-order valence-electron chi connectivity index (χ0n) is 9.53. The first-order valence-electron chi connectivity index (χ1n) is 4.97. The molecule has 0 radical (unpaired) electrons. The molecule has 15 heavy (non-hydrogen) atoms. The SMILES string of the molecule is COc1c(C)ncnc1N(C)CCCN. The fourth-order valence-corrected chi connectivity index (χ4v) is 1.39. The Bertz CT molecular complexity index is 316. The molecule has 0 spiro atoms. The van der Waals surface area contributed by atoms with E-state index in [2.05, 4.69) is 9.97 Å². The van der Waals surface area contributed by atoms with Crippen molar-refractivity contribution >= 4 is 5.82 Å². The standard InChI is InChI=1S/C10H18N4O/c1-8-9(15-3)10(13-7-12-8)14(2)6-4-5-11/h7H,4-6,11H2,1-3H3. The second-order valence-corrected chi connectivity index (χ2v) is 3.38. The highest BCUT2D eigenvalue weighted by atomic mass is 16.5. The summed E-state index contributed by atoms with van der Waals surface area (Å²) in [7, 11) is 3.60. The molecule has 0 fully saturated rings. The van der Waals surface area contributed by atoms with Gasteiger partial charge in [0.05, 0.1) is 12.8 Å². The van der Waals surface area contributed by atoms with Crippen LogP contribution >= 0.6 is 0 Å². The Morgan fingerprint density at radius 3 is 2.80 bits per heavy atom. The predicted molar refractivity (Wildman–Crippen MR) is 60.3 cm³/mol. The number of hydrogen-bond donors (Lipinski definition) is 1. The lowest BCUT2D eigenvalue weighted by atomic mass is 10.3. The minimum absolute atomic E-state index is 0.677. The second-order valence-electron chi connectivity index (χ2n) is 3.38. The van der Waals surface area contributed by atoms with E-state index >= 15 is 0 Å². The molecule has 1 aromatic heterocycles. The molecule has 5 heteroatoms. The number of aromatic nitrogens is 2. The molecule has 1 heterocycles. The molecule has 1 aromatic rings. The van der Waals surface area contributed by atoms with Gasteiger partial charge in [-0.05, 0) is 19.9 Å². The summed E-state index contributed by atoms with van der Waals surface area (Å²) in [5, 5.41) is 0. The highest BCUT2D eigenvalue weighted by Gasteiger charge is 2.12. The average molecular weight is 210 g/mol. The number of ether oxygens (including phenoxy) is 1. The smallest absolute Gasteiger partial charge is 0.182 e. The molecule has 0 amide bonds. The molecule has 0 saturated heterocycles. The van der Waals surface area contributed by atoms with Crippen LogP contribution < -0.4 is 15.4 Å². The summed E-state index contributed by atoms with van der Waals surface area (Å²) in [6.45, 7) is 3.45. The van der Waals surface area contributed by atoms with Gasteiger partial charge in [-0.15, -0.1) is 0 Å². The lowest BCUT2D eigenvalue weighted by Gasteiger charge is -2.20. The first-order chi connectivity index (χ1) is 7.20. The molecule has 2 N–H and O–H groups in total. The fourth-order valence-electron chi connectivity index (χ4n) is 1.39. The Morgan fingerprint density at radius 2 is 2.20 bits per heavy atom. The number of rotatable bonds is 5. The maximum Gasteiger partial charge on any atom is 0.182 e. The molecular weight excluding hydrogens is 192 g/mol. The van der Waals surface area contributed by atoms with Gasteiger partial charge in [-0.2, -0.15) is 0 Å². The molecule has 0 aliphatic rings. The van der Waals surface area contributed by atoms with Gasteiger partial charge in [0.2, 0.25) is 0 Å². The third-order valence-corrected chi connectivity index (χ3v) is 2.23. The van der Waals surface area contributed by atoms with Gasteiger partial charge in [0, 0.05) is 13.6 Å². The molecule has 1 rings (SSSR count). The number of nitrogens with two attached hydrogens (primary N) is 1. The number of anilines is 1. The molecule has 0 unspecified atom stereocenters. The van der Waals surface area contributed by atoms with Crippen molar-refractivity contribution in [2.45, 2.75) is 13.3 Å². The van der Waals surface area contributed by atoms with Crippen LogP contribution in [0.3, 0.4) is 0 Å². The van der Waals surface area contributed by atoms with E-state index in [1.165, 1.54) is 0 Å². The topological polar surface area (TPSA) is 64.3 Å². The minimum Gasteiger partial charge on any atom is -0.491 e.